The first kappa shape index (κ1) is 24.1. The van der Waals surface area contributed by atoms with Gasteiger partial charge in [-0.1, -0.05) is 35.9 Å². The molecule has 1 amide bonds. The number of carbonyl (C=O) groups is 1. The van der Waals surface area contributed by atoms with Gasteiger partial charge < -0.3 is 5.32 Å². The van der Waals surface area contributed by atoms with E-state index in [2.05, 4.69) is 10.2 Å². The number of hydrogen-bond donors (Lipinski definition) is 1. The number of piperazine rings is 1. The highest BCUT2D eigenvalue weighted by atomic mass is 32.2. The molecule has 7 heteroatoms. The van der Waals surface area contributed by atoms with E-state index in [0.717, 1.165) is 28.9 Å². The quantitative estimate of drug-likeness (QED) is 0.572. The van der Waals surface area contributed by atoms with Crippen molar-refractivity contribution in [3.8, 4) is 0 Å². The predicted octanol–water partition coefficient (Wildman–Crippen LogP) is 4.37. The van der Waals surface area contributed by atoms with Crippen LogP contribution in [-0.2, 0) is 16.6 Å². The molecule has 0 aliphatic carbocycles. The average Bonchev–Trinajstić information content (AvgIpc) is 2.82. The molecule has 1 heterocycles. The molecule has 0 aromatic heterocycles. The van der Waals surface area contributed by atoms with Crippen LogP contribution in [0.5, 0.6) is 0 Å². The Morgan fingerprint density at radius 3 is 2.09 bits per heavy atom. The lowest BCUT2D eigenvalue weighted by Gasteiger charge is -2.34. The fourth-order valence-electron chi connectivity index (χ4n) is 4.03. The first-order valence-corrected chi connectivity index (χ1v) is 12.9. The normalized spacial score (nSPS) is 15.3. The Balaban J connectivity index is 1.31. The van der Waals surface area contributed by atoms with E-state index in [1.807, 2.05) is 75.4 Å². The molecule has 6 nitrogen and oxygen atoms in total. The van der Waals surface area contributed by atoms with Crippen LogP contribution in [0.2, 0.25) is 0 Å². The minimum atomic E-state index is -3.46. The van der Waals surface area contributed by atoms with E-state index >= 15 is 0 Å². The van der Waals surface area contributed by atoms with Crippen molar-refractivity contribution in [2.24, 2.45) is 0 Å². The third kappa shape index (κ3) is 5.55. The van der Waals surface area contributed by atoms with E-state index in [4.69, 9.17) is 0 Å². The van der Waals surface area contributed by atoms with Gasteiger partial charge in [-0.3, -0.25) is 9.69 Å². The Bertz CT molecular complexity index is 1260. The topological polar surface area (TPSA) is 69.7 Å². The summed E-state index contributed by atoms with van der Waals surface area (Å²) >= 11 is 0. The van der Waals surface area contributed by atoms with Crippen LogP contribution < -0.4 is 5.32 Å². The lowest BCUT2D eigenvalue weighted by atomic mass is 10.1. The number of anilines is 1. The number of carbonyl (C=O) groups excluding carboxylic acids is 1. The summed E-state index contributed by atoms with van der Waals surface area (Å²) in [4.78, 5) is 15.2. The predicted molar refractivity (Wildman–Crippen MR) is 136 cm³/mol. The zero-order valence-corrected chi connectivity index (χ0v) is 20.7. The van der Waals surface area contributed by atoms with Gasteiger partial charge in [-0.25, -0.2) is 8.42 Å². The Kier molecular flexibility index (Phi) is 7.16. The van der Waals surface area contributed by atoms with Gasteiger partial charge in [0.1, 0.15) is 0 Å². The maximum absolute atomic E-state index is 12.9. The molecule has 1 N–H and O–H groups in total. The molecule has 1 aliphatic rings. The maximum Gasteiger partial charge on any atom is 0.255 e. The van der Waals surface area contributed by atoms with Gasteiger partial charge in [-0.2, -0.15) is 4.31 Å². The van der Waals surface area contributed by atoms with Crippen molar-refractivity contribution in [2.45, 2.75) is 32.2 Å². The highest BCUT2D eigenvalue weighted by Crippen LogP contribution is 2.20. The van der Waals surface area contributed by atoms with Crippen molar-refractivity contribution in [3.63, 3.8) is 0 Å². The molecular formula is C27H31N3O3S. The van der Waals surface area contributed by atoms with Crippen molar-refractivity contribution < 1.29 is 13.2 Å². The number of amides is 1. The summed E-state index contributed by atoms with van der Waals surface area (Å²) in [5.74, 6) is -0.135. The minimum Gasteiger partial charge on any atom is -0.322 e. The second-order valence-electron chi connectivity index (χ2n) is 8.94. The zero-order chi connectivity index (χ0) is 24.3. The monoisotopic (exact) mass is 477 g/mol. The third-order valence-corrected chi connectivity index (χ3v) is 8.29. The van der Waals surface area contributed by atoms with Gasteiger partial charge >= 0.3 is 0 Å². The van der Waals surface area contributed by atoms with Crippen molar-refractivity contribution in [1.29, 1.82) is 0 Å². The van der Waals surface area contributed by atoms with Crippen LogP contribution in [0.15, 0.2) is 71.6 Å². The second kappa shape index (κ2) is 10.1. The number of sulfonamides is 1. The van der Waals surface area contributed by atoms with Crippen molar-refractivity contribution >= 4 is 21.6 Å². The van der Waals surface area contributed by atoms with Gasteiger partial charge in [-0.05, 0) is 73.9 Å². The number of hydrogen-bond acceptors (Lipinski definition) is 4. The van der Waals surface area contributed by atoms with E-state index in [0.29, 0.717) is 36.6 Å². The number of benzene rings is 3. The van der Waals surface area contributed by atoms with Crippen LogP contribution in [0.4, 0.5) is 5.69 Å². The molecule has 0 saturated carbocycles. The van der Waals surface area contributed by atoms with E-state index in [9.17, 15) is 13.2 Å². The van der Waals surface area contributed by atoms with Gasteiger partial charge in [-0.15, -0.1) is 0 Å². The highest BCUT2D eigenvalue weighted by Gasteiger charge is 2.28. The highest BCUT2D eigenvalue weighted by molar-refractivity contribution is 7.89. The van der Waals surface area contributed by atoms with Crippen molar-refractivity contribution in [3.05, 3.63) is 94.5 Å². The van der Waals surface area contributed by atoms with E-state index < -0.39 is 10.0 Å². The van der Waals surface area contributed by atoms with Gasteiger partial charge in [0.05, 0.1) is 4.90 Å². The van der Waals surface area contributed by atoms with Gasteiger partial charge in [0.15, 0.2) is 0 Å². The first-order valence-electron chi connectivity index (χ1n) is 11.5. The molecule has 0 spiro atoms. The summed E-state index contributed by atoms with van der Waals surface area (Å²) in [5, 5.41) is 2.95. The summed E-state index contributed by atoms with van der Waals surface area (Å²) < 4.78 is 27.4. The standard InChI is InChI=1S/C27H31N3O3S/c1-20-4-12-26(13-5-20)34(32,33)30-16-14-29(15-17-30)19-23-7-9-24(10-8-23)27(31)28-25-11-6-21(2)22(3)18-25/h4-13,18H,14-17,19H2,1-3H3,(H,28,31). The fraction of sp³-hybridized carbons (Fsp3) is 0.296. The van der Waals surface area contributed by atoms with Crippen molar-refractivity contribution in [2.75, 3.05) is 31.5 Å². The largest absolute Gasteiger partial charge is 0.322 e. The molecule has 4 rings (SSSR count). The molecular weight excluding hydrogens is 446 g/mol. The van der Waals surface area contributed by atoms with Crippen LogP contribution in [0.3, 0.4) is 0 Å². The van der Waals surface area contributed by atoms with E-state index in [-0.39, 0.29) is 5.91 Å². The molecule has 178 valence electrons. The molecule has 0 bridgehead atoms. The summed E-state index contributed by atoms with van der Waals surface area (Å²) in [7, 11) is -3.46. The Morgan fingerprint density at radius 1 is 0.824 bits per heavy atom. The maximum atomic E-state index is 12.9. The number of rotatable bonds is 6. The molecule has 1 saturated heterocycles. The van der Waals surface area contributed by atoms with Gasteiger partial charge in [0.25, 0.3) is 5.91 Å². The molecule has 34 heavy (non-hydrogen) atoms. The van der Waals surface area contributed by atoms with Gasteiger partial charge in [0, 0.05) is 44.0 Å². The molecule has 1 aliphatic heterocycles. The number of aryl methyl sites for hydroxylation is 3. The average molecular weight is 478 g/mol. The summed E-state index contributed by atoms with van der Waals surface area (Å²) in [6, 6.07) is 20.5. The Labute approximate surface area is 202 Å². The van der Waals surface area contributed by atoms with E-state index in [1.165, 1.54) is 5.56 Å². The van der Waals surface area contributed by atoms with Crippen molar-refractivity contribution in [1.82, 2.24) is 9.21 Å². The summed E-state index contributed by atoms with van der Waals surface area (Å²) in [5.41, 5.74) is 5.86. The van der Waals surface area contributed by atoms with Crippen LogP contribution in [0.1, 0.15) is 32.6 Å². The fourth-order valence-corrected chi connectivity index (χ4v) is 5.45. The lowest BCUT2D eigenvalue weighted by Crippen LogP contribution is -2.48. The smallest absolute Gasteiger partial charge is 0.255 e. The van der Waals surface area contributed by atoms with E-state index in [1.54, 1.807) is 16.4 Å². The van der Waals surface area contributed by atoms with Crippen LogP contribution in [0.25, 0.3) is 0 Å². The zero-order valence-electron chi connectivity index (χ0n) is 19.9. The number of nitrogens with one attached hydrogen (secondary N) is 1. The molecule has 0 radical (unpaired) electrons. The Morgan fingerprint density at radius 2 is 1.47 bits per heavy atom. The molecule has 0 atom stereocenters. The second-order valence-corrected chi connectivity index (χ2v) is 10.9. The third-order valence-electron chi connectivity index (χ3n) is 6.38. The van der Waals surface area contributed by atoms with Crippen LogP contribution >= 0.6 is 0 Å². The molecule has 0 unspecified atom stereocenters. The Hall–Kier alpha value is -3.00. The minimum absolute atomic E-state index is 0.135. The molecule has 1 fully saturated rings. The van der Waals surface area contributed by atoms with Crippen LogP contribution in [0, 0.1) is 20.8 Å². The first-order chi connectivity index (χ1) is 16.2. The van der Waals surface area contributed by atoms with Gasteiger partial charge in [0.2, 0.25) is 10.0 Å². The summed E-state index contributed by atoms with van der Waals surface area (Å²) in [6.45, 7) is 9.00. The molecule has 3 aromatic rings. The number of nitrogens with zero attached hydrogens (tertiary/aromatic N) is 2. The molecule has 3 aromatic carbocycles. The van der Waals surface area contributed by atoms with Crippen LogP contribution in [-0.4, -0.2) is 49.7 Å². The SMILES string of the molecule is Cc1ccc(S(=O)(=O)N2CCN(Cc3ccc(C(=O)Nc4ccc(C)c(C)c4)cc3)CC2)cc1. The summed E-state index contributed by atoms with van der Waals surface area (Å²) in [6.07, 6.45) is 0. The lowest BCUT2D eigenvalue weighted by molar-refractivity contribution is 0.102.